The molecule has 1 amide bonds. The fraction of sp³-hybridized carbons (Fsp3) is 0.435. The number of amides is 1. The monoisotopic (exact) mass is 455 g/mol. The van der Waals surface area contributed by atoms with Gasteiger partial charge in [-0.3, -0.25) is 9.69 Å². The van der Waals surface area contributed by atoms with E-state index in [9.17, 15) is 4.79 Å². The number of hydrogen-bond donors (Lipinski definition) is 1. The van der Waals surface area contributed by atoms with E-state index in [2.05, 4.69) is 25.0 Å². The summed E-state index contributed by atoms with van der Waals surface area (Å²) < 4.78 is 23.7. The molecule has 1 aliphatic rings. The molecule has 3 heterocycles. The molecule has 1 aliphatic heterocycles. The first-order valence-electron chi connectivity index (χ1n) is 10.9. The third-order valence-corrected chi connectivity index (χ3v) is 5.81. The topological polar surface area (TPSA) is 104 Å². The molecule has 0 fully saturated rings. The van der Waals surface area contributed by atoms with Crippen LogP contribution < -0.4 is 19.5 Å². The van der Waals surface area contributed by atoms with Crippen molar-refractivity contribution in [1.82, 2.24) is 25.0 Å². The van der Waals surface area contributed by atoms with E-state index in [0.29, 0.717) is 30.8 Å². The molecule has 0 radical (unpaired) electrons. The first-order chi connectivity index (χ1) is 16.1. The number of methoxy groups -OCH3 is 3. The highest BCUT2D eigenvalue weighted by Crippen LogP contribution is 2.35. The maximum Gasteiger partial charge on any atom is 0.254 e. The Morgan fingerprint density at radius 2 is 1.88 bits per heavy atom. The van der Waals surface area contributed by atoms with Crippen molar-refractivity contribution in [3.05, 3.63) is 53.5 Å². The number of nitrogens with zero attached hydrogens (tertiary/aromatic N) is 4. The highest BCUT2D eigenvalue weighted by atomic mass is 16.5. The Balaban J connectivity index is 1.39. The van der Waals surface area contributed by atoms with Crippen LogP contribution in [0.4, 0.5) is 0 Å². The lowest BCUT2D eigenvalue weighted by Crippen LogP contribution is -2.28. The molecule has 1 N–H and O–H groups in total. The Labute approximate surface area is 192 Å². The molecular formula is C23H29N5O5. The molecule has 3 aromatic rings. The zero-order valence-electron chi connectivity index (χ0n) is 19.2. The lowest BCUT2D eigenvalue weighted by atomic mass is 10.1. The van der Waals surface area contributed by atoms with Gasteiger partial charge in [-0.05, 0) is 6.07 Å². The van der Waals surface area contributed by atoms with E-state index >= 15 is 0 Å². The van der Waals surface area contributed by atoms with Crippen LogP contribution in [0.5, 0.6) is 17.2 Å². The molecule has 0 saturated carbocycles. The summed E-state index contributed by atoms with van der Waals surface area (Å²) in [6.45, 7) is 3.61. The van der Waals surface area contributed by atoms with Gasteiger partial charge in [0.25, 0.3) is 5.91 Å². The van der Waals surface area contributed by atoms with Crippen LogP contribution in [-0.4, -0.2) is 66.5 Å². The number of rotatable bonds is 9. The van der Waals surface area contributed by atoms with Crippen LogP contribution in [0.25, 0.3) is 0 Å². The summed E-state index contributed by atoms with van der Waals surface area (Å²) in [6.07, 6.45) is 4.31. The third-order valence-electron chi connectivity index (χ3n) is 5.81. The van der Waals surface area contributed by atoms with Gasteiger partial charge in [0.05, 0.1) is 38.7 Å². The number of furan rings is 1. The Morgan fingerprint density at radius 1 is 1.09 bits per heavy atom. The quantitative estimate of drug-likeness (QED) is 0.522. The standard InChI is InChI=1S/C23H29N5O5/c1-30-17-12-19(31-2)18(20(13-17)32-3)14-27-8-5-22-26-25-21(28(22)10-9-27)4-7-24-23(29)16-6-11-33-15-16/h6,11-13,15H,4-5,7-10,14H2,1-3H3,(H,24,29). The lowest BCUT2D eigenvalue weighted by Gasteiger charge is -2.23. The average molecular weight is 456 g/mol. The molecule has 33 heavy (non-hydrogen) atoms. The number of carbonyl (C=O) groups excluding carboxylic acids is 1. The van der Waals surface area contributed by atoms with Gasteiger partial charge in [0, 0.05) is 57.7 Å². The van der Waals surface area contributed by atoms with Crippen molar-refractivity contribution in [1.29, 1.82) is 0 Å². The van der Waals surface area contributed by atoms with E-state index in [1.165, 1.54) is 12.5 Å². The molecule has 2 aromatic heterocycles. The highest BCUT2D eigenvalue weighted by Gasteiger charge is 2.22. The smallest absolute Gasteiger partial charge is 0.254 e. The number of benzene rings is 1. The van der Waals surface area contributed by atoms with Crippen LogP contribution in [-0.2, 0) is 25.9 Å². The predicted molar refractivity (Wildman–Crippen MR) is 120 cm³/mol. The van der Waals surface area contributed by atoms with E-state index in [4.69, 9.17) is 18.6 Å². The van der Waals surface area contributed by atoms with Crippen LogP contribution in [0.3, 0.4) is 0 Å². The maximum absolute atomic E-state index is 12.1. The summed E-state index contributed by atoms with van der Waals surface area (Å²) in [5.74, 6) is 3.85. The summed E-state index contributed by atoms with van der Waals surface area (Å²) in [7, 11) is 4.93. The molecule has 0 bridgehead atoms. The van der Waals surface area contributed by atoms with Crippen molar-refractivity contribution in [3.8, 4) is 17.2 Å². The number of nitrogens with one attached hydrogen (secondary N) is 1. The molecule has 0 atom stereocenters. The molecule has 0 aliphatic carbocycles. The van der Waals surface area contributed by atoms with Gasteiger partial charge >= 0.3 is 0 Å². The van der Waals surface area contributed by atoms with Crippen LogP contribution in [0.15, 0.2) is 35.1 Å². The number of ether oxygens (including phenoxy) is 3. The van der Waals surface area contributed by atoms with Crippen LogP contribution >= 0.6 is 0 Å². The van der Waals surface area contributed by atoms with Crippen molar-refractivity contribution in [2.45, 2.75) is 25.9 Å². The molecule has 0 spiro atoms. The Bertz CT molecular complexity index is 1050. The first-order valence-corrected chi connectivity index (χ1v) is 10.9. The van der Waals surface area contributed by atoms with Gasteiger partial charge in [0.15, 0.2) is 0 Å². The van der Waals surface area contributed by atoms with Crippen molar-refractivity contribution in [2.24, 2.45) is 0 Å². The number of hydrogen-bond acceptors (Lipinski definition) is 8. The van der Waals surface area contributed by atoms with Gasteiger partial charge < -0.3 is 28.5 Å². The number of carbonyl (C=O) groups is 1. The zero-order chi connectivity index (χ0) is 23.2. The molecule has 176 valence electrons. The molecule has 0 unspecified atom stereocenters. The minimum absolute atomic E-state index is 0.159. The minimum Gasteiger partial charge on any atom is -0.496 e. The normalized spacial score (nSPS) is 13.8. The minimum atomic E-state index is -0.159. The maximum atomic E-state index is 12.1. The molecule has 0 saturated heterocycles. The summed E-state index contributed by atoms with van der Waals surface area (Å²) in [5, 5.41) is 11.6. The fourth-order valence-corrected chi connectivity index (χ4v) is 4.01. The second kappa shape index (κ2) is 10.4. The van der Waals surface area contributed by atoms with Gasteiger partial charge in [0.1, 0.15) is 35.2 Å². The first kappa shape index (κ1) is 22.7. The van der Waals surface area contributed by atoms with E-state index in [1.807, 2.05) is 12.1 Å². The van der Waals surface area contributed by atoms with E-state index in [1.54, 1.807) is 27.4 Å². The average Bonchev–Trinajstić information content (AvgIpc) is 3.47. The van der Waals surface area contributed by atoms with Crippen molar-refractivity contribution >= 4 is 5.91 Å². The van der Waals surface area contributed by atoms with Crippen molar-refractivity contribution in [2.75, 3.05) is 41.0 Å². The van der Waals surface area contributed by atoms with Crippen LogP contribution in [0.1, 0.15) is 27.6 Å². The van der Waals surface area contributed by atoms with Gasteiger partial charge in [-0.1, -0.05) is 0 Å². The van der Waals surface area contributed by atoms with Crippen molar-refractivity contribution < 1.29 is 23.4 Å². The predicted octanol–water partition coefficient (Wildman–Crippen LogP) is 1.93. The summed E-state index contributed by atoms with van der Waals surface area (Å²) >= 11 is 0. The van der Waals surface area contributed by atoms with E-state index in [-0.39, 0.29) is 5.91 Å². The van der Waals surface area contributed by atoms with Crippen LogP contribution in [0.2, 0.25) is 0 Å². The second-order valence-corrected chi connectivity index (χ2v) is 7.74. The Hall–Kier alpha value is -3.53. The van der Waals surface area contributed by atoms with E-state index < -0.39 is 0 Å². The van der Waals surface area contributed by atoms with Crippen molar-refractivity contribution in [3.63, 3.8) is 0 Å². The zero-order valence-corrected chi connectivity index (χ0v) is 19.2. The molecule has 4 rings (SSSR count). The highest BCUT2D eigenvalue weighted by molar-refractivity contribution is 5.93. The Kier molecular flexibility index (Phi) is 7.13. The molecule has 10 heteroatoms. The van der Waals surface area contributed by atoms with Gasteiger partial charge in [-0.25, -0.2) is 0 Å². The third kappa shape index (κ3) is 5.11. The lowest BCUT2D eigenvalue weighted by molar-refractivity contribution is 0.0953. The number of fused-ring (bicyclic) bond motifs is 1. The van der Waals surface area contributed by atoms with Gasteiger partial charge in [0.2, 0.25) is 0 Å². The van der Waals surface area contributed by atoms with E-state index in [0.717, 1.165) is 54.8 Å². The van der Waals surface area contributed by atoms with Gasteiger partial charge in [-0.2, -0.15) is 0 Å². The molecular weight excluding hydrogens is 426 g/mol. The summed E-state index contributed by atoms with van der Waals surface area (Å²) in [6, 6.07) is 5.39. The fourth-order valence-electron chi connectivity index (χ4n) is 4.01. The molecule has 1 aromatic carbocycles. The van der Waals surface area contributed by atoms with Crippen LogP contribution in [0, 0.1) is 0 Å². The number of aromatic nitrogens is 3. The largest absolute Gasteiger partial charge is 0.496 e. The second-order valence-electron chi connectivity index (χ2n) is 7.74. The Morgan fingerprint density at radius 3 is 2.55 bits per heavy atom. The SMILES string of the molecule is COc1cc(OC)c(CN2CCc3nnc(CCNC(=O)c4ccoc4)n3CC2)c(OC)c1. The summed E-state index contributed by atoms with van der Waals surface area (Å²) in [4.78, 5) is 14.4. The molecule has 10 nitrogen and oxygen atoms in total. The summed E-state index contributed by atoms with van der Waals surface area (Å²) in [5.41, 5.74) is 1.50. The van der Waals surface area contributed by atoms with Gasteiger partial charge in [-0.15, -0.1) is 10.2 Å².